The number of fused-ring (bicyclic) bond motifs is 1. The van der Waals surface area contributed by atoms with Gasteiger partial charge in [0.15, 0.2) is 0 Å². The van der Waals surface area contributed by atoms with Crippen molar-refractivity contribution in [1.82, 2.24) is 14.4 Å². The first-order valence-corrected chi connectivity index (χ1v) is 6.29. The molecule has 0 saturated heterocycles. The van der Waals surface area contributed by atoms with Crippen LogP contribution in [-0.4, -0.2) is 25.4 Å². The average Bonchev–Trinajstić information content (AvgIpc) is 2.80. The molecule has 3 aromatic rings. The second kappa shape index (κ2) is 5.13. The number of hydrogen-bond acceptors (Lipinski definition) is 3. The lowest BCUT2D eigenvalue weighted by Gasteiger charge is -2.01. The Morgan fingerprint density at radius 2 is 2.00 bits per heavy atom. The predicted octanol–water partition coefficient (Wildman–Crippen LogP) is 1.95. The molecule has 0 spiro atoms. The van der Waals surface area contributed by atoms with Gasteiger partial charge >= 0.3 is 5.97 Å². The SMILES string of the molecule is O=C(O)Cc1cn2cnc(Cc3ccccc3)cc2n1. The highest BCUT2D eigenvalue weighted by Crippen LogP contribution is 2.10. The highest BCUT2D eigenvalue weighted by molar-refractivity contribution is 5.69. The fourth-order valence-corrected chi connectivity index (χ4v) is 2.12. The molecule has 0 unspecified atom stereocenters. The third kappa shape index (κ3) is 2.66. The first-order valence-electron chi connectivity index (χ1n) is 6.29. The van der Waals surface area contributed by atoms with Gasteiger partial charge in [0.2, 0.25) is 0 Å². The van der Waals surface area contributed by atoms with E-state index in [0.29, 0.717) is 5.69 Å². The number of rotatable bonds is 4. The third-order valence-electron chi connectivity index (χ3n) is 3.01. The van der Waals surface area contributed by atoms with Crippen LogP contribution in [-0.2, 0) is 17.6 Å². The number of carbonyl (C=O) groups is 1. The van der Waals surface area contributed by atoms with Crippen LogP contribution in [0.4, 0.5) is 0 Å². The van der Waals surface area contributed by atoms with E-state index in [-0.39, 0.29) is 6.42 Å². The lowest BCUT2D eigenvalue weighted by atomic mass is 10.1. The van der Waals surface area contributed by atoms with Crippen molar-refractivity contribution in [3.63, 3.8) is 0 Å². The topological polar surface area (TPSA) is 67.5 Å². The van der Waals surface area contributed by atoms with Crippen molar-refractivity contribution in [2.45, 2.75) is 12.8 Å². The molecule has 0 amide bonds. The zero-order valence-corrected chi connectivity index (χ0v) is 10.7. The fraction of sp³-hybridized carbons (Fsp3) is 0.133. The van der Waals surface area contributed by atoms with Gasteiger partial charge in [-0.1, -0.05) is 30.3 Å². The summed E-state index contributed by atoms with van der Waals surface area (Å²) in [5, 5.41) is 8.78. The number of carboxylic acid groups (broad SMARTS) is 1. The maximum atomic E-state index is 10.7. The fourth-order valence-electron chi connectivity index (χ4n) is 2.12. The van der Waals surface area contributed by atoms with Crippen molar-refractivity contribution < 1.29 is 9.90 Å². The highest BCUT2D eigenvalue weighted by atomic mass is 16.4. The number of carboxylic acids is 1. The molecule has 0 aliphatic rings. The molecule has 100 valence electrons. The maximum Gasteiger partial charge on any atom is 0.309 e. The smallest absolute Gasteiger partial charge is 0.309 e. The summed E-state index contributed by atoms with van der Waals surface area (Å²) in [6, 6.07) is 12.0. The van der Waals surface area contributed by atoms with Crippen LogP contribution in [0.1, 0.15) is 17.0 Å². The molecule has 0 atom stereocenters. The van der Waals surface area contributed by atoms with Crippen LogP contribution < -0.4 is 0 Å². The van der Waals surface area contributed by atoms with E-state index in [4.69, 9.17) is 5.11 Å². The first kappa shape index (κ1) is 12.3. The first-order chi connectivity index (χ1) is 9.70. The van der Waals surface area contributed by atoms with Crippen molar-refractivity contribution in [3.8, 4) is 0 Å². The summed E-state index contributed by atoms with van der Waals surface area (Å²) < 4.78 is 1.74. The van der Waals surface area contributed by atoms with E-state index in [2.05, 4.69) is 9.97 Å². The van der Waals surface area contributed by atoms with Crippen LogP contribution in [0.5, 0.6) is 0 Å². The van der Waals surface area contributed by atoms with Crippen molar-refractivity contribution in [2.24, 2.45) is 0 Å². The molecule has 0 aliphatic heterocycles. The predicted molar refractivity (Wildman–Crippen MR) is 73.6 cm³/mol. The summed E-state index contributed by atoms with van der Waals surface area (Å²) in [5.74, 6) is -0.883. The minimum atomic E-state index is -0.883. The summed E-state index contributed by atoms with van der Waals surface area (Å²) in [7, 11) is 0. The van der Waals surface area contributed by atoms with Crippen molar-refractivity contribution in [1.29, 1.82) is 0 Å². The highest BCUT2D eigenvalue weighted by Gasteiger charge is 2.07. The Morgan fingerprint density at radius 1 is 1.20 bits per heavy atom. The van der Waals surface area contributed by atoms with Gasteiger partial charge in [0.05, 0.1) is 17.8 Å². The molecule has 20 heavy (non-hydrogen) atoms. The van der Waals surface area contributed by atoms with Crippen molar-refractivity contribution in [2.75, 3.05) is 0 Å². The number of aromatic nitrogens is 3. The standard InChI is InChI=1S/C15H13N3O2/c19-15(20)8-13-9-18-10-16-12(7-14(18)17-13)6-11-4-2-1-3-5-11/h1-5,7,9-10H,6,8H2,(H,19,20). The quantitative estimate of drug-likeness (QED) is 0.784. The van der Waals surface area contributed by atoms with Crippen LogP contribution in [0.2, 0.25) is 0 Å². The van der Waals surface area contributed by atoms with E-state index < -0.39 is 5.97 Å². The lowest BCUT2D eigenvalue weighted by Crippen LogP contribution is -1.99. The van der Waals surface area contributed by atoms with Gasteiger partial charge in [-0.25, -0.2) is 9.97 Å². The van der Waals surface area contributed by atoms with Crippen LogP contribution in [0, 0.1) is 0 Å². The number of imidazole rings is 1. The average molecular weight is 267 g/mol. The molecule has 0 saturated carbocycles. The molecule has 0 fully saturated rings. The minimum Gasteiger partial charge on any atom is -0.481 e. The van der Waals surface area contributed by atoms with E-state index >= 15 is 0 Å². The molecule has 3 rings (SSSR count). The molecule has 5 heteroatoms. The van der Waals surface area contributed by atoms with E-state index in [1.807, 2.05) is 36.4 Å². The maximum absolute atomic E-state index is 10.7. The van der Waals surface area contributed by atoms with E-state index in [9.17, 15) is 4.79 Å². The van der Waals surface area contributed by atoms with Crippen LogP contribution in [0.15, 0.2) is 48.9 Å². The van der Waals surface area contributed by atoms with E-state index in [0.717, 1.165) is 17.8 Å². The summed E-state index contributed by atoms with van der Waals surface area (Å²) >= 11 is 0. The molecule has 0 bridgehead atoms. The normalized spacial score (nSPS) is 10.8. The Labute approximate surface area is 115 Å². The van der Waals surface area contributed by atoms with Crippen LogP contribution >= 0.6 is 0 Å². The van der Waals surface area contributed by atoms with Gasteiger partial charge in [-0.2, -0.15) is 0 Å². The molecular formula is C15H13N3O2. The number of nitrogens with zero attached hydrogens (tertiary/aromatic N) is 3. The van der Waals surface area contributed by atoms with Crippen LogP contribution in [0.3, 0.4) is 0 Å². The molecule has 5 nitrogen and oxygen atoms in total. The molecule has 0 radical (unpaired) electrons. The van der Waals surface area contributed by atoms with E-state index in [1.54, 1.807) is 16.9 Å². The Morgan fingerprint density at radius 3 is 2.75 bits per heavy atom. The molecule has 0 aliphatic carbocycles. The number of aliphatic carboxylic acids is 1. The largest absolute Gasteiger partial charge is 0.481 e. The zero-order valence-electron chi connectivity index (χ0n) is 10.7. The summed E-state index contributed by atoms with van der Waals surface area (Å²) in [5.41, 5.74) is 3.36. The van der Waals surface area contributed by atoms with Gasteiger partial charge in [-0.15, -0.1) is 0 Å². The van der Waals surface area contributed by atoms with Crippen molar-refractivity contribution >= 4 is 11.6 Å². The van der Waals surface area contributed by atoms with Gasteiger partial charge in [-0.05, 0) is 5.56 Å². The lowest BCUT2D eigenvalue weighted by molar-refractivity contribution is -0.136. The number of hydrogen-bond donors (Lipinski definition) is 1. The summed E-state index contributed by atoms with van der Waals surface area (Å²) in [6.45, 7) is 0. The molecule has 1 N–H and O–H groups in total. The minimum absolute atomic E-state index is 0.0737. The molecule has 1 aromatic carbocycles. The molecule has 2 aromatic heterocycles. The summed E-state index contributed by atoms with van der Waals surface area (Å²) in [4.78, 5) is 19.4. The second-order valence-corrected chi connectivity index (χ2v) is 4.61. The second-order valence-electron chi connectivity index (χ2n) is 4.61. The van der Waals surface area contributed by atoms with Crippen LogP contribution in [0.25, 0.3) is 5.65 Å². The summed E-state index contributed by atoms with van der Waals surface area (Å²) in [6.07, 6.45) is 4.03. The molecular weight excluding hydrogens is 254 g/mol. The Hall–Kier alpha value is -2.69. The van der Waals surface area contributed by atoms with Gasteiger partial charge in [0.25, 0.3) is 0 Å². The van der Waals surface area contributed by atoms with Crippen molar-refractivity contribution in [3.05, 3.63) is 65.9 Å². The Bertz CT molecular complexity index is 750. The Kier molecular flexibility index (Phi) is 3.16. The van der Waals surface area contributed by atoms with Gasteiger partial charge in [0, 0.05) is 18.7 Å². The monoisotopic (exact) mass is 267 g/mol. The van der Waals surface area contributed by atoms with Gasteiger partial charge < -0.3 is 5.11 Å². The van der Waals surface area contributed by atoms with Gasteiger partial charge in [-0.3, -0.25) is 9.20 Å². The Balaban J connectivity index is 1.88. The zero-order chi connectivity index (χ0) is 13.9. The third-order valence-corrected chi connectivity index (χ3v) is 3.01. The van der Waals surface area contributed by atoms with E-state index in [1.165, 1.54) is 5.56 Å². The van der Waals surface area contributed by atoms with Gasteiger partial charge in [0.1, 0.15) is 12.0 Å². The molecule has 2 heterocycles. The number of benzene rings is 1.